The molecule has 92 valence electrons. The highest BCUT2D eigenvalue weighted by Crippen LogP contribution is 2.31. The van der Waals surface area contributed by atoms with Crippen LogP contribution in [0.2, 0.25) is 0 Å². The zero-order chi connectivity index (χ0) is 12.4. The molecule has 17 heavy (non-hydrogen) atoms. The summed E-state index contributed by atoms with van der Waals surface area (Å²) in [5, 5.41) is 11.5. The van der Waals surface area contributed by atoms with E-state index >= 15 is 0 Å². The van der Waals surface area contributed by atoms with Crippen molar-refractivity contribution in [1.82, 2.24) is 4.98 Å². The lowest BCUT2D eigenvalue weighted by atomic mass is 10.3. The fourth-order valence-electron chi connectivity index (χ4n) is 1.81. The van der Waals surface area contributed by atoms with Crippen LogP contribution in [0.15, 0.2) is 16.7 Å². The van der Waals surface area contributed by atoms with E-state index in [0.29, 0.717) is 15.5 Å². The first-order valence-corrected chi connectivity index (χ1v) is 7.08. The van der Waals surface area contributed by atoms with Gasteiger partial charge in [-0.1, -0.05) is 6.92 Å². The molecule has 2 rings (SSSR count). The van der Waals surface area contributed by atoms with Crippen molar-refractivity contribution in [3.05, 3.63) is 26.9 Å². The number of halogens is 1. The van der Waals surface area contributed by atoms with E-state index in [1.807, 2.05) is 16.7 Å². The molecule has 1 aliphatic rings. The molecule has 0 bridgehead atoms. The van der Waals surface area contributed by atoms with Crippen LogP contribution in [0.25, 0.3) is 0 Å². The van der Waals surface area contributed by atoms with Crippen molar-refractivity contribution in [2.24, 2.45) is 0 Å². The molecule has 1 saturated heterocycles. The number of hydrogen-bond donors (Lipinski definition) is 0. The van der Waals surface area contributed by atoms with Gasteiger partial charge in [-0.25, -0.2) is 4.98 Å². The number of nitro groups is 1. The van der Waals surface area contributed by atoms with Crippen LogP contribution in [0.3, 0.4) is 0 Å². The Labute approximate surface area is 112 Å². The Bertz CT molecular complexity index is 444. The van der Waals surface area contributed by atoms with Crippen molar-refractivity contribution in [3.8, 4) is 0 Å². The Kier molecular flexibility index (Phi) is 3.88. The molecule has 1 aliphatic heterocycles. The number of aromatic nitrogens is 1. The van der Waals surface area contributed by atoms with Gasteiger partial charge in [0.1, 0.15) is 0 Å². The lowest BCUT2D eigenvalue weighted by molar-refractivity contribution is -0.384. The molecule has 0 radical (unpaired) electrons. The molecule has 5 nitrogen and oxygen atoms in total. The largest absolute Gasteiger partial charge is 0.349 e. The van der Waals surface area contributed by atoms with Crippen LogP contribution in [0.5, 0.6) is 0 Å². The normalized spacial score (nSPS) is 20.4. The third kappa shape index (κ3) is 2.90. The summed E-state index contributed by atoms with van der Waals surface area (Å²) >= 11 is 5.10. The SMILES string of the molecule is CC1CN(c2ncc(Br)cc2[N+](=O)[O-])CCS1. The molecule has 1 fully saturated rings. The molecule has 0 spiro atoms. The summed E-state index contributed by atoms with van der Waals surface area (Å²) in [5.41, 5.74) is 0.0680. The summed E-state index contributed by atoms with van der Waals surface area (Å²) in [6, 6.07) is 1.51. The predicted molar refractivity (Wildman–Crippen MR) is 72.7 cm³/mol. The fourth-order valence-corrected chi connectivity index (χ4v) is 3.14. The second-order valence-corrected chi connectivity index (χ2v) is 6.34. The zero-order valence-corrected chi connectivity index (χ0v) is 11.7. The second kappa shape index (κ2) is 5.22. The molecule has 2 heterocycles. The van der Waals surface area contributed by atoms with Gasteiger partial charge in [0.25, 0.3) is 0 Å². The maximum Gasteiger partial charge on any atom is 0.312 e. The monoisotopic (exact) mass is 317 g/mol. The van der Waals surface area contributed by atoms with Crippen molar-refractivity contribution in [1.29, 1.82) is 0 Å². The molecule has 0 aliphatic carbocycles. The predicted octanol–water partition coefficient (Wildman–Crippen LogP) is 2.69. The van der Waals surface area contributed by atoms with E-state index < -0.39 is 0 Å². The Hall–Kier alpha value is -0.820. The van der Waals surface area contributed by atoms with Crippen molar-refractivity contribution < 1.29 is 4.92 Å². The molecule has 1 aromatic heterocycles. The van der Waals surface area contributed by atoms with Crippen LogP contribution in [-0.4, -0.2) is 34.0 Å². The van der Waals surface area contributed by atoms with E-state index in [4.69, 9.17) is 0 Å². The summed E-state index contributed by atoms with van der Waals surface area (Å²) in [5.74, 6) is 1.46. The summed E-state index contributed by atoms with van der Waals surface area (Å²) in [6.45, 7) is 3.74. The minimum absolute atomic E-state index is 0.0680. The fraction of sp³-hybridized carbons (Fsp3) is 0.500. The van der Waals surface area contributed by atoms with E-state index in [2.05, 4.69) is 27.8 Å². The van der Waals surface area contributed by atoms with E-state index in [1.165, 1.54) is 6.07 Å². The number of nitrogens with zero attached hydrogens (tertiary/aromatic N) is 3. The van der Waals surface area contributed by atoms with Crippen molar-refractivity contribution in [2.75, 3.05) is 23.7 Å². The summed E-state index contributed by atoms with van der Waals surface area (Å²) in [6.07, 6.45) is 1.61. The van der Waals surface area contributed by atoms with Gasteiger partial charge in [0, 0.05) is 40.8 Å². The Morgan fingerprint density at radius 2 is 2.47 bits per heavy atom. The molecular weight excluding hydrogens is 306 g/mol. The maximum atomic E-state index is 11.0. The number of thioether (sulfide) groups is 1. The standard InChI is InChI=1S/C10H12BrN3O2S/c1-7-6-13(2-3-17-7)10-9(14(15)16)4-8(11)5-12-10/h4-5,7H,2-3,6H2,1H3. The first kappa shape index (κ1) is 12.6. The molecule has 0 N–H and O–H groups in total. The van der Waals surface area contributed by atoms with Crippen molar-refractivity contribution in [3.63, 3.8) is 0 Å². The lowest BCUT2D eigenvalue weighted by Crippen LogP contribution is -2.37. The zero-order valence-electron chi connectivity index (χ0n) is 9.30. The number of anilines is 1. The van der Waals surface area contributed by atoms with Crippen molar-refractivity contribution in [2.45, 2.75) is 12.2 Å². The first-order chi connectivity index (χ1) is 8.08. The van der Waals surface area contributed by atoms with Gasteiger partial charge >= 0.3 is 5.69 Å². The molecule has 0 aromatic carbocycles. The maximum absolute atomic E-state index is 11.0. The summed E-state index contributed by atoms with van der Waals surface area (Å²) in [4.78, 5) is 16.8. The minimum atomic E-state index is -0.375. The van der Waals surface area contributed by atoms with Gasteiger partial charge in [0.15, 0.2) is 0 Å². The molecule has 1 unspecified atom stereocenters. The van der Waals surface area contributed by atoms with Gasteiger partial charge < -0.3 is 4.90 Å². The van der Waals surface area contributed by atoms with Crippen LogP contribution in [0.4, 0.5) is 11.5 Å². The Balaban J connectivity index is 2.33. The van der Waals surface area contributed by atoms with E-state index in [-0.39, 0.29) is 10.6 Å². The second-order valence-electron chi connectivity index (χ2n) is 3.88. The van der Waals surface area contributed by atoms with E-state index in [9.17, 15) is 10.1 Å². The average molecular weight is 318 g/mol. The molecular formula is C10H12BrN3O2S. The highest BCUT2D eigenvalue weighted by atomic mass is 79.9. The summed E-state index contributed by atoms with van der Waals surface area (Å²) in [7, 11) is 0. The number of pyridine rings is 1. The van der Waals surface area contributed by atoms with E-state index in [1.54, 1.807) is 6.20 Å². The number of hydrogen-bond acceptors (Lipinski definition) is 5. The molecule has 1 aromatic rings. The van der Waals surface area contributed by atoms with Crippen LogP contribution < -0.4 is 4.90 Å². The van der Waals surface area contributed by atoms with Gasteiger partial charge in [-0.15, -0.1) is 0 Å². The third-order valence-electron chi connectivity index (χ3n) is 2.55. The first-order valence-electron chi connectivity index (χ1n) is 5.24. The Morgan fingerprint density at radius 3 is 3.12 bits per heavy atom. The molecule has 1 atom stereocenters. The Morgan fingerprint density at radius 1 is 1.71 bits per heavy atom. The van der Waals surface area contributed by atoms with E-state index in [0.717, 1.165) is 18.8 Å². The van der Waals surface area contributed by atoms with Crippen LogP contribution in [-0.2, 0) is 0 Å². The van der Waals surface area contributed by atoms with Crippen LogP contribution in [0.1, 0.15) is 6.92 Å². The third-order valence-corrected chi connectivity index (χ3v) is 4.12. The van der Waals surface area contributed by atoms with Crippen LogP contribution >= 0.6 is 27.7 Å². The van der Waals surface area contributed by atoms with Gasteiger partial charge in [0.05, 0.1) is 4.92 Å². The highest BCUT2D eigenvalue weighted by molar-refractivity contribution is 9.10. The van der Waals surface area contributed by atoms with Gasteiger partial charge in [0.2, 0.25) is 5.82 Å². The van der Waals surface area contributed by atoms with Gasteiger partial charge in [-0.2, -0.15) is 11.8 Å². The van der Waals surface area contributed by atoms with Crippen LogP contribution in [0, 0.1) is 10.1 Å². The molecule has 0 saturated carbocycles. The average Bonchev–Trinajstić information content (AvgIpc) is 2.28. The minimum Gasteiger partial charge on any atom is -0.349 e. The summed E-state index contributed by atoms with van der Waals surface area (Å²) < 4.78 is 0.632. The lowest BCUT2D eigenvalue weighted by Gasteiger charge is -2.31. The molecule has 7 heteroatoms. The van der Waals surface area contributed by atoms with Gasteiger partial charge in [-0.3, -0.25) is 10.1 Å². The van der Waals surface area contributed by atoms with Gasteiger partial charge in [-0.05, 0) is 15.9 Å². The van der Waals surface area contributed by atoms with Crippen molar-refractivity contribution >= 4 is 39.2 Å². The number of rotatable bonds is 2. The highest BCUT2D eigenvalue weighted by Gasteiger charge is 2.25. The topological polar surface area (TPSA) is 59.3 Å². The molecule has 0 amide bonds. The quantitative estimate of drug-likeness (QED) is 0.620. The smallest absolute Gasteiger partial charge is 0.312 e.